The van der Waals surface area contributed by atoms with Crippen LogP contribution in [0.4, 0.5) is 0 Å². The van der Waals surface area contributed by atoms with Gasteiger partial charge in [0.2, 0.25) is 21.8 Å². The molecule has 0 bridgehead atoms. The second-order valence-electron chi connectivity index (χ2n) is 7.67. The van der Waals surface area contributed by atoms with Crippen LogP contribution in [0, 0.1) is 0 Å². The summed E-state index contributed by atoms with van der Waals surface area (Å²) in [5.74, 6) is -0.277. The lowest BCUT2D eigenvalue weighted by Crippen LogP contribution is -2.50. The summed E-state index contributed by atoms with van der Waals surface area (Å²) in [6, 6.07) is 8.36. The Bertz CT molecular complexity index is 799. The highest BCUT2D eigenvalue weighted by atomic mass is 32.2. The Morgan fingerprint density at radius 3 is 2.21 bits per heavy atom. The van der Waals surface area contributed by atoms with Crippen molar-refractivity contribution in [3.63, 3.8) is 0 Å². The third-order valence-electron chi connectivity index (χ3n) is 5.60. The number of carbonyl (C=O) groups excluding carboxylic acids is 2. The number of benzene rings is 1. The zero-order valence-electron chi connectivity index (χ0n) is 16.5. The lowest BCUT2D eigenvalue weighted by atomic mass is 9.93. The van der Waals surface area contributed by atoms with E-state index in [1.807, 2.05) is 0 Å². The first kappa shape index (κ1) is 21.7. The average molecular weight is 424 g/mol. The zero-order valence-corrected chi connectivity index (χ0v) is 17.3. The van der Waals surface area contributed by atoms with Crippen LogP contribution < -0.4 is 5.32 Å². The fraction of sp³-hybridized carbons (Fsp3) is 0.600. The highest BCUT2D eigenvalue weighted by molar-refractivity contribution is 7.89. The number of nitrogens with zero attached hydrogens (tertiary/aromatic N) is 2. The van der Waals surface area contributed by atoms with Gasteiger partial charge in [0, 0.05) is 45.1 Å². The van der Waals surface area contributed by atoms with Crippen molar-refractivity contribution >= 4 is 21.8 Å². The van der Waals surface area contributed by atoms with Gasteiger partial charge in [-0.15, -0.1) is 0 Å². The molecule has 0 unspecified atom stereocenters. The van der Waals surface area contributed by atoms with Gasteiger partial charge in [0.05, 0.1) is 11.0 Å². The highest BCUT2D eigenvalue weighted by Crippen LogP contribution is 2.19. The molecule has 1 aromatic carbocycles. The summed E-state index contributed by atoms with van der Waals surface area (Å²) in [5, 5.41) is 12.4. The van der Waals surface area contributed by atoms with E-state index < -0.39 is 10.0 Å². The minimum Gasteiger partial charge on any atom is -0.393 e. The fourth-order valence-electron chi connectivity index (χ4n) is 3.82. The molecule has 1 aromatic rings. The second kappa shape index (κ2) is 9.69. The molecule has 160 valence electrons. The summed E-state index contributed by atoms with van der Waals surface area (Å²) in [5.41, 5.74) is 0. The van der Waals surface area contributed by atoms with Crippen molar-refractivity contribution in [1.29, 1.82) is 0 Å². The van der Waals surface area contributed by atoms with Crippen LogP contribution in [0.25, 0.3) is 0 Å². The maximum Gasteiger partial charge on any atom is 0.243 e. The van der Waals surface area contributed by atoms with Gasteiger partial charge in [-0.25, -0.2) is 8.42 Å². The molecule has 2 amide bonds. The van der Waals surface area contributed by atoms with Crippen LogP contribution in [0.3, 0.4) is 0 Å². The molecule has 2 fully saturated rings. The van der Waals surface area contributed by atoms with Gasteiger partial charge in [-0.1, -0.05) is 18.2 Å². The molecule has 0 aromatic heterocycles. The van der Waals surface area contributed by atoms with Crippen LogP contribution in [0.2, 0.25) is 0 Å². The van der Waals surface area contributed by atoms with Gasteiger partial charge in [-0.05, 0) is 37.8 Å². The van der Waals surface area contributed by atoms with Crippen molar-refractivity contribution in [2.24, 2.45) is 0 Å². The number of aliphatic hydroxyl groups is 1. The Balaban J connectivity index is 1.41. The number of sulfonamides is 1. The topological polar surface area (TPSA) is 107 Å². The molecule has 1 saturated heterocycles. The molecule has 1 saturated carbocycles. The summed E-state index contributed by atoms with van der Waals surface area (Å²) in [6.45, 7) is 1.15. The van der Waals surface area contributed by atoms with E-state index in [2.05, 4.69) is 5.32 Å². The lowest BCUT2D eigenvalue weighted by molar-refractivity contribution is -0.134. The molecule has 3 rings (SSSR count). The Morgan fingerprint density at radius 2 is 1.59 bits per heavy atom. The molecule has 1 aliphatic heterocycles. The summed E-state index contributed by atoms with van der Waals surface area (Å²) < 4.78 is 26.7. The molecule has 2 N–H and O–H groups in total. The molecule has 8 nitrogen and oxygen atoms in total. The van der Waals surface area contributed by atoms with Crippen LogP contribution in [-0.2, 0) is 19.6 Å². The van der Waals surface area contributed by atoms with E-state index in [1.165, 1.54) is 4.31 Å². The number of piperazine rings is 1. The first-order chi connectivity index (χ1) is 13.9. The molecule has 1 aliphatic carbocycles. The third-order valence-corrected chi connectivity index (χ3v) is 7.51. The quantitative estimate of drug-likeness (QED) is 0.701. The molecule has 1 heterocycles. The predicted molar refractivity (Wildman–Crippen MR) is 107 cm³/mol. The van der Waals surface area contributed by atoms with E-state index in [-0.39, 0.29) is 54.8 Å². The van der Waals surface area contributed by atoms with E-state index in [1.54, 1.807) is 35.2 Å². The van der Waals surface area contributed by atoms with Crippen LogP contribution in [0.15, 0.2) is 35.2 Å². The lowest BCUT2D eigenvalue weighted by Gasteiger charge is -2.34. The number of hydrogen-bond donors (Lipinski definition) is 2. The normalized spacial score (nSPS) is 23.6. The Morgan fingerprint density at radius 1 is 0.966 bits per heavy atom. The number of rotatable bonds is 6. The molecule has 2 aliphatic rings. The maximum atomic E-state index is 12.6. The second-order valence-corrected chi connectivity index (χ2v) is 9.61. The highest BCUT2D eigenvalue weighted by Gasteiger charge is 2.30. The summed E-state index contributed by atoms with van der Waals surface area (Å²) in [7, 11) is -3.54. The molecule has 9 heteroatoms. The van der Waals surface area contributed by atoms with Gasteiger partial charge in [0.15, 0.2) is 0 Å². The van der Waals surface area contributed by atoms with Gasteiger partial charge < -0.3 is 15.3 Å². The molecule has 0 atom stereocenters. The zero-order chi connectivity index (χ0) is 20.9. The summed E-state index contributed by atoms with van der Waals surface area (Å²) in [4.78, 5) is 26.4. The maximum absolute atomic E-state index is 12.6. The molecular weight excluding hydrogens is 394 g/mol. The fourth-order valence-corrected chi connectivity index (χ4v) is 5.26. The van der Waals surface area contributed by atoms with Crippen LogP contribution in [0.1, 0.15) is 38.5 Å². The molecule has 0 radical (unpaired) electrons. The molecular formula is C20H29N3O5S. The predicted octanol–water partition coefficient (Wildman–Crippen LogP) is 0.719. The smallest absolute Gasteiger partial charge is 0.243 e. The van der Waals surface area contributed by atoms with E-state index in [4.69, 9.17) is 0 Å². The molecule has 29 heavy (non-hydrogen) atoms. The summed E-state index contributed by atoms with van der Waals surface area (Å²) >= 11 is 0. The van der Waals surface area contributed by atoms with E-state index in [0.717, 1.165) is 12.8 Å². The largest absolute Gasteiger partial charge is 0.393 e. The SMILES string of the molecule is O=C(CCC(=O)N1CCN(S(=O)(=O)c2ccccc2)CC1)NC1CCC(O)CC1. The number of aliphatic hydroxyl groups excluding tert-OH is 1. The van der Waals surface area contributed by atoms with E-state index in [0.29, 0.717) is 25.9 Å². The van der Waals surface area contributed by atoms with Gasteiger partial charge in [0.25, 0.3) is 0 Å². The van der Waals surface area contributed by atoms with Crippen molar-refractivity contribution < 1.29 is 23.1 Å². The standard InChI is InChI=1S/C20H29N3O5S/c24-17-8-6-16(7-9-17)21-19(25)10-11-20(26)22-12-14-23(15-13-22)29(27,28)18-4-2-1-3-5-18/h1-5,16-17,24H,6-15H2,(H,21,25). The minimum atomic E-state index is -3.54. The Labute approximate surface area is 171 Å². The molecule has 0 spiro atoms. The van der Waals surface area contributed by atoms with Crippen molar-refractivity contribution in [2.45, 2.75) is 55.6 Å². The number of carbonyl (C=O) groups is 2. The van der Waals surface area contributed by atoms with Crippen molar-refractivity contribution in [1.82, 2.24) is 14.5 Å². The minimum absolute atomic E-state index is 0.0766. The summed E-state index contributed by atoms with van der Waals surface area (Å²) in [6.07, 6.45) is 2.89. The van der Waals surface area contributed by atoms with Gasteiger partial charge in [-0.2, -0.15) is 4.31 Å². The van der Waals surface area contributed by atoms with E-state index >= 15 is 0 Å². The van der Waals surface area contributed by atoms with E-state index in [9.17, 15) is 23.1 Å². The van der Waals surface area contributed by atoms with Crippen LogP contribution in [0.5, 0.6) is 0 Å². The van der Waals surface area contributed by atoms with Gasteiger partial charge in [-0.3, -0.25) is 9.59 Å². The average Bonchev–Trinajstić information content (AvgIpc) is 2.74. The monoisotopic (exact) mass is 423 g/mol. The third kappa shape index (κ3) is 5.77. The first-order valence-electron chi connectivity index (χ1n) is 10.2. The first-order valence-corrected chi connectivity index (χ1v) is 11.6. The Hall–Kier alpha value is -1.97. The van der Waals surface area contributed by atoms with Crippen molar-refractivity contribution in [2.75, 3.05) is 26.2 Å². The van der Waals surface area contributed by atoms with Crippen molar-refractivity contribution in [3.8, 4) is 0 Å². The van der Waals surface area contributed by atoms with Gasteiger partial charge in [0.1, 0.15) is 0 Å². The number of hydrogen-bond acceptors (Lipinski definition) is 5. The van der Waals surface area contributed by atoms with Crippen LogP contribution >= 0.6 is 0 Å². The number of amides is 2. The van der Waals surface area contributed by atoms with Gasteiger partial charge >= 0.3 is 0 Å². The van der Waals surface area contributed by atoms with Crippen LogP contribution in [-0.4, -0.2) is 72.9 Å². The Kier molecular flexibility index (Phi) is 7.26. The van der Waals surface area contributed by atoms with Crippen molar-refractivity contribution in [3.05, 3.63) is 30.3 Å². The number of nitrogens with one attached hydrogen (secondary N) is 1.